The fraction of sp³-hybridized carbons (Fsp3) is 0.267. The quantitative estimate of drug-likeness (QED) is 0.866. The maximum absolute atomic E-state index is 9.80. The highest BCUT2D eigenvalue weighted by molar-refractivity contribution is 5.44. The molecule has 0 bridgehead atoms. The Morgan fingerprint density at radius 1 is 1.28 bits per heavy atom. The molecule has 3 heteroatoms. The molecule has 1 unspecified atom stereocenters. The molecule has 1 atom stereocenters. The molecule has 0 saturated carbocycles. The first-order chi connectivity index (χ1) is 8.84. The molecule has 1 aliphatic carbocycles. The zero-order valence-electron chi connectivity index (χ0n) is 10.1. The van der Waals surface area contributed by atoms with E-state index in [2.05, 4.69) is 22.4 Å². The van der Waals surface area contributed by atoms with Crippen LogP contribution < -0.4 is 5.32 Å². The zero-order valence-corrected chi connectivity index (χ0v) is 10.1. The molecule has 18 heavy (non-hydrogen) atoms. The van der Waals surface area contributed by atoms with E-state index in [1.54, 1.807) is 12.3 Å². The number of phenols is 1. The van der Waals surface area contributed by atoms with Gasteiger partial charge in [-0.15, -0.1) is 0 Å². The Morgan fingerprint density at radius 3 is 3.06 bits per heavy atom. The summed E-state index contributed by atoms with van der Waals surface area (Å²) in [5.41, 5.74) is 3.52. The highest BCUT2D eigenvalue weighted by atomic mass is 16.3. The van der Waals surface area contributed by atoms with Gasteiger partial charge in [-0.25, -0.2) is 0 Å². The third kappa shape index (κ3) is 2.09. The summed E-state index contributed by atoms with van der Waals surface area (Å²) in [6.45, 7) is 0.813. The lowest BCUT2D eigenvalue weighted by molar-refractivity contribution is 0.469. The fourth-order valence-electron chi connectivity index (χ4n) is 2.59. The maximum atomic E-state index is 9.80. The van der Waals surface area contributed by atoms with Gasteiger partial charge in [-0.1, -0.05) is 18.2 Å². The number of benzene rings is 1. The molecule has 0 aliphatic heterocycles. The monoisotopic (exact) mass is 240 g/mol. The van der Waals surface area contributed by atoms with Crippen LogP contribution in [0.5, 0.6) is 5.75 Å². The summed E-state index contributed by atoms with van der Waals surface area (Å²) in [4.78, 5) is 4.11. The SMILES string of the molecule is Oc1cccc2c1CCC2NCc1cccnc1. The van der Waals surface area contributed by atoms with Crippen LogP contribution in [0, 0.1) is 0 Å². The van der Waals surface area contributed by atoms with Gasteiger partial charge in [-0.3, -0.25) is 4.98 Å². The Labute approximate surface area is 107 Å². The van der Waals surface area contributed by atoms with E-state index in [-0.39, 0.29) is 0 Å². The summed E-state index contributed by atoms with van der Waals surface area (Å²) in [7, 11) is 0. The Bertz CT molecular complexity index is 539. The maximum Gasteiger partial charge on any atom is 0.119 e. The van der Waals surface area contributed by atoms with Gasteiger partial charge in [0.05, 0.1) is 0 Å². The van der Waals surface area contributed by atoms with Crippen LogP contribution in [-0.4, -0.2) is 10.1 Å². The number of aromatic hydroxyl groups is 1. The van der Waals surface area contributed by atoms with Crippen molar-refractivity contribution < 1.29 is 5.11 Å². The predicted molar refractivity (Wildman–Crippen MR) is 70.2 cm³/mol. The van der Waals surface area contributed by atoms with Crippen LogP contribution in [0.3, 0.4) is 0 Å². The van der Waals surface area contributed by atoms with E-state index >= 15 is 0 Å². The first-order valence-electron chi connectivity index (χ1n) is 6.27. The number of rotatable bonds is 3. The zero-order chi connectivity index (χ0) is 12.4. The summed E-state index contributed by atoms with van der Waals surface area (Å²) < 4.78 is 0. The summed E-state index contributed by atoms with van der Waals surface area (Å²) in [5, 5.41) is 13.3. The van der Waals surface area contributed by atoms with Crippen molar-refractivity contribution in [3.05, 3.63) is 59.4 Å². The Balaban J connectivity index is 1.72. The molecule has 2 N–H and O–H groups in total. The minimum absolute atomic E-state index is 0.340. The average molecular weight is 240 g/mol. The number of hydrogen-bond donors (Lipinski definition) is 2. The van der Waals surface area contributed by atoms with Gasteiger partial charge < -0.3 is 10.4 Å². The standard InChI is InChI=1S/C15H16N2O/c18-15-5-1-4-12-13(15)6-7-14(12)17-10-11-3-2-8-16-9-11/h1-5,8-9,14,17-18H,6-7,10H2. The normalized spacial score (nSPS) is 17.7. The summed E-state index contributed by atoms with van der Waals surface area (Å²) in [6.07, 6.45) is 5.66. The highest BCUT2D eigenvalue weighted by Gasteiger charge is 2.23. The van der Waals surface area contributed by atoms with Crippen LogP contribution in [0.1, 0.15) is 29.2 Å². The van der Waals surface area contributed by atoms with Crippen molar-refractivity contribution in [3.63, 3.8) is 0 Å². The predicted octanol–water partition coefficient (Wildman–Crippen LogP) is 2.56. The van der Waals surface area contributed by atoms with Crippen molar-refractivity contribution >= 4 is 0 Å². The fourth-order valence-corrected chi connectivity index (χ4v) is 2.59. The van der Waals surface area contributed by atoms with E-state index in [4.69, 9.17) is 0 Å². The lowest BCUT2D eigenvalue weighted by Gasteiger charge is -2.14. The van der Waals surface area contributed by atoms with Crippen LogP contribution in [0.2, 0.25) is 0 Å². The number of nitrogens with zero attached hydrogens (tertiary/aromatic N) is 1. The highest BCUT2D eigenvalue weighted by Crippen LogP contribution is 2.36. The largest absolute Gasteiger partial charge is 0.508 e. The number of fused-ring (bicyclic) bond motifs is 1. The number of pyridine rings is 1. The number of nitrogens with one attached hydrogen (secondary N) is 1. The van der Waals surface area contributed by atoms with Crippen molar-refractivity contribution in [2.45, 2.75) is 25.4 Å². The van der Waals surface area contributed by atoms with Crippen molar-refractivity contribution in [3.8, 4) is 5.75 Å². The van der Waals surface area contributed by atoms with Crippen LogP contribution in [0.25, 0.3) is 0 Å². The van der Waals surface area contributed by atoms with E-state index in [0.717, 1.165) is 24.9 Å². The van der Waals surface area contributed by atoms with Gasteiger partial charge in [-0.05, 0) is 41.7 Å². The number of hydrogen-bond acceptors (Lipinski definition) is 3. The minimum atomic E-state index is 0.340. The molecule has 0 saturated heterocycles. The van der Waals surface area contributed by atoms with Crippen molar-refractivity contribution in [1.82, 2.24) is 10.3 Å². The van der Waals surface area contributed by atoms with E-state index in [1.165, 1.54) is 11.1 Å². The third-order valence-electron chi connectivity index (χ3n) is 3.52. The molecule has 3 nitrogen and oxygen atoms in total. The van der Waals surface area contributed by atoms with Crippen LogP contribution in [0.4, 0.5) is 0 Å². The molecule has 0 radical (unpaired) electrons. The van der Waals surface area contributed by atoms with Gasteiger partial charge in [-0.2, -0.15) is 0 Å². The molecule has 92 valence electrons. The first-order valence-corrected chi connectivity index (χ1v) is 6.27. The lowest BCUT2D eigenvalue weighted by Crippen LogP contribution is -2.18. The molecular formula is C15H16N2O. The number of phenolic OH excluding ortho intramolecular Hbond substituents is 1. The molecule has 1 aromatic carbocycles. The van der Waals surface area contributed by atoms with Crippen LogP contribution in [-0.2, 0) is 13.0 Å². The van der Waals surface area contributed by atoms with E-state index < -0.39 is 0 Å². The van der Waals surface area contributed by atoms with E-state index in [0.29, 0.717) is 11.8 Å². The Morgan fingerprint density at radius 2 is 2.22 bits per heavy atom. The first kappa shape index (κ1) is 11.2. The van der Waals surface area contributed by atoms with Crippen molar-refractivity contribution in [1.29, 1.82) is 0 Å². The second kappa shape index (κ2) is 4.78. The van der Waals surface area contributed by atoms with Gasteiger partial charge in [0.15, 0.2) is 0 Å². The molecule has 1 heterocycles. The third-order valence-corrected chi connectivity index (χ3v) is 3.52. The van der Waals surface area contributed by atoms with E-state index in [9.17, 15) is 5.11 Å². The van der Waals surface area contributed by atoms with Crippen LogP contribution >= 0.6 is 0 Å². The molecule has 2 aromatic rings. The van der Waals surface area contributed by atoms with Crippen molar-refractivity contribution in [2.75, 3.05) is 0 Å². The topological polar surface area (TPSA) is 45.1 Å². The van der Waals surface area contributed by atoms with Gasteiger partial charge in [0, 0.05) is 25.0 Å². The summed E-state index contributed by atoms with van der Waals surface area (Å²) in [6, 6.07) is 10.1. The molecule has 3 rings (SSSR count). The van der Waals surface area contributed by atoms with Crippen LogP contribution in [0.15, 0.2) is 42.7 Å². The minimum Gasteiger partial charge on any atom is -0.508 e. The average Bonchev–Trinajstić information content (AvgIpc) is 2.82. The van der Waals surface area contributed by atoms with Crippen molar-refractivity contribution in [2.24, 2.45) is 0 Å². The molecule has 0 fully saturated rings. The van der Waals surface area contributed by atoms with E-state index in [1.807, 2.05) is 18.3 Å². The molecule has 1 aliphatic rings. The van der Waals surface area contributed by atoms with Gasteiger partial charge in [0.25, 0.3) is 0 Å². The Hall–Kier alpha value is -1.87. The van der Waals surface area contributed by atoms with Gasteiger partial charge >= 0.3 is 0 Å². The summed E-state index contributed by atoms with van der Waals surface area (Å²) >= 11 is 0. The summed E-state index contributed by atoms with van der Waals surface area (Å²) in [5.74, 6) is 0.429. The second-order valence-corrected chi connectivity index (χ2v) is 4.68. The smallest absolute Gasteiger partial charge is 0.119 e. The molecular weight excluding hydrogens is 224 g/mol. The molecule has 0 amide bonds. The Kier molecular flexibility index (Phi) is 2.99. The van der Waals surface area contributed by atoms with Gasteiger partial charge in [0.1, 0.15) is 5.75 Å². The number of aromatic nitrogens is 1. The molecule has 0 spiro atoms. The van der Waals surface area contributed by atoms with Gasteiger partial charge in [0.2, 0.25) is 0 Å². The lowest BCUT2D eigenvalue weighted by atomic mass is 10.1. The second-order valence-electron chi connectivity index (χ2n) is 4.68. The molecule has 1 aromatic heterocycles.